The van der Waals surface area contributed by atoms with Gasteiger partial charge in [-0.1, -0.05) is 30.3 Å². The van der Waals surface area contributed by atoms with Gasteiger partial charge >= 0.3 is 0 Å². The largest absolute Gasteiger partial charge is 0.488 e. The van der Waals surface area contributed by atoms with E-state index in [9.17, 15) is 9.18 Å². The molecule has 0 radical (unpaired) electrons. The first-order valence-electron chi connectivity index (χ1n) is 9.40. The molecule has 0 spiro atoms. The van der Waals surface area contributed by atoms with Crippen LogP contribution in [0.4, 0.5) is 4.39 Å². The molecule has 27 heavy (non-hydrogen) atoms. The molecule has 0 aromatic heterocycles. The molecule has 5 nitrogen and oxygen atoms in total. The minimum absolute atomic E-state index is 0.00724. The fourth-order valence-electron chi connectivity index (χ4n) is 3.81. The van der Waals surface area contributed by atoms with Crippen LogP contribution in [0.1, 0.15) is 17.2 Å². The van der Waals surface area contributed by atoms with Gasteiger partial charge in [0, 0.05) is 32.1 Å². The summed E-state index contributed by atoms with van der Waals surface area (Å²) in [6, 6.07) is 14.6. The van der Waals surface area contributed by atoms with Gasteiger partial charge in [-0.25, -0.2) is 4.39 Å². The van der Waals surface area contributed by atoms with Crippen molar-refractivity contribution in [3.05, 3.63) is 65.5 Å². The van der Waals surface area contributed by atoms with E-state index in [1.165, 1.54) is 11.6 Å². The highest BCUT2D eigenvalue weighted by atomic mass is 19.1. The van der Waals surface area contributed by atoms with Gasteiger partial charge in [0.05, 0.1) is 13.1 Å². The number of para-hydroxylation sites is 1. The third-order valence-corrected chi connectivity index (χ3v) is 5.18. The van der Waals surface area contributed by atoms with Crippen LogP contribution in [-0.4, -0.2) is 49.6 Å². The van der Waals surface area contributed by atoms with E-state index in [2.05, 4.69) is 21.6 Å². The maximum absolute atomic E-state index is 13.6. The van der Waals surface area contributed by atoms with Gasteiger partial charge in [0.2, 0.25) is 5.91 Å². The van der Waals surface area contributed by atoms with Crippen molar-refractivity contribution >= 4 is 5.91 Å². The monoisotopic (exact) mass is 369 g/mol. The van der Waals surface area contributed by atoms with Gasteiger partial charge in [0.1, 0.15) is 17.7 Å². The van der Waals surface area contributed by atoms with Crippen molar-refractivity contribution in [2.24, 2.45) is 0 Å². The number of carbonyl (C=O) groups is 1. The lowest BCUT2D eigenvalue weighted by atomic mass is 10.0. The Morgan fingerprint density at radius 2 is 2.15 bits per heavy atom. The van der Waals surface area contributed by atoms with E-state index in [0.717, 1.165) is 30.8 Å². The second-order valence-electron chi connectivity index (χ2n) is 7.10. The number of nitrogens with zero attached hydrogens (tertiary/aromatic N) is 1. The average molecular weight is 369 g/mol. The van der Waals surface area contributed by atoms with Crippen molar-refractivity contribution in [1.82, 2.24) is 15.5 Å². The Hall–Kier alpha value is -2.44. The van der Waals surface area contributed by atoms with Gasteiger partial charge in [-0.3, -0.25) is 9.69 Å². The molecule has 4 rings (SSSR count). The molecular formula is C21H24FN3O2. The van der Waals surface area contributed by atoms with Crippen molar-refractivity contribution in [2.45, 2.75) is 18.6 Å². The quantitative estimate of drug-likeness (QED) is 0.845. The van der Waals surface area contributed by atoms with E-state index >= 15 is 0 Å². The van der Waals surface area contributed by atoms with Crippen LogP contribution in [0.3, 0.4) is 0 Å². The minimum atomic E-state index is -0.250. The summed E-state index contributed by atoms with van der Waals surface area (Å²) in [5, 5.41) is 6.32. The highest BCUT2D eigenvalue weighted by Crippen LogP contribution is 2.27. The van der Waals surface area contributed by atoms with E-state index < -0.39 is 0 Å². The number of carbonyl (C=O) groups excluding carboxylic acids is 1. The van der Waals surface area contributed by atoms with Gasteiger partial charge in [-0.05, 0) is 29.3 Å². The first-order chi connectivity index (χ1) is 13.2. The molecule has 2 atom stereocenters. The molecular weight excluding hydrogens is 345 g/mol. The predicted molar refractivity (Wildman–Crippen MR) is 101 cm³/mol. The Bertz CT molecular complexity index is 789. The summed E-state index contributed by atoms with van der Waals surface area (Å²) in [5.41, 5.74) is 2.08. The molecule has 2 aromatic carbocycles. The number of rotatable bonds is 5. The van der Waals surface area contributed by atoms with Gasteiger partial charge in [0.25, 0.3) is 0 Å². The Balaban J connectivity index is 1.31. The van der Waals surface area contributed by atoms with Crippen molar-refractivity contribution in [3.8, 4) is 5.75 Å². The van der Waals surface area contributed by atoms with E-state index in [-0.39, 0.29) is 23.9 Å². The lowest BCUT2D eigenvalue weighted by Crippen LogP contribution is -2.50. The highest BCUT2D eigenvalue weighted by molar-refractivity contribution is 5.78. The number of halogens is 1. The number of amides is 1. The third-order valence-electron chi connectivity index (χ3n) is 5.18. The van der Waals surface area contributed by atoms with Gasteiger partial charge in [-0.15, -0.1) is 0 Å². The van der Waals surface area contributed by atoms with E-state index in [0.29, 0.717) is 19.6 Å². The molecule has 6 heteroatoms. The number of ether oxygens (including phenoxy) is 1. The first-order valence-corrected chi connectivity index (χ1v) is 9.40. The molecule has 0 bridgehead atoms. The van der Waals surface area contributed by atoms with Gasteiger partial charge in [0.15, 0.2) is 0 Å². The number of nitrogens with one attached hydrogen (secondary N) is 2. The summed E-state index contributed by atoms with van der Waals surface area (Å²) in [4.78, 5) is 14.6. The third kappa shape index (κ3) is 4.28. The zero-order chi connectivity index (χ0) is 18.6. The average Bonchev–Trinajstić information content (AvgIpc) is 3.10. The smallest absolute Gasteiger partial charge is 0.234 e. The molecule has 2 heterocycles. The highest BCUT2D eigenvalue weighted by Gasteiger charge is 2.27. The molecule has 2 aromatic rings. The summed E-state index contributed by atoms with van der Waals surface area (Å²) in [5.74, 6) is 0.628. The molecule has 1 saturated heterocycles. The molecule has 142 valence electrons. The zero-order valence-corrected chi connectivity index (χ0v) is 15.2. The second-order valence-corrected chi connectivity index (χ2v) is 7.10. The number of fused-ring (bicyclic) bond motifs is 1. The van der Waals surface area contributed by atoms with Crippen molar-refractivity contribution in [1.29, 1.82) is 0 Å². The van der Waals surface area contributed by atoms with E-state index in [1.807, 2.05) is 24.3 Å². The van der Waals surface area contributed by atoms with E-state index in [4.69, 9.17) is 4.74 Å². The van der Waals surface area contributed by atoms with Crippen LogP contribution in [0.15, 0.2) is 48.5 Å². The van der Waals surface area contributed by atoms with Crippen LogP contribution < -0.4 is 15.4 Å². The van der Waals surface area contributed by atoms with Crippen LogP contribution in [-0.2, 0) is 11.2 Å². The maximum Gasteiger partial charge on any atom is 0.234 e. The lowest BCUT2D eigenvalue weighted by Gasteiger charge is -2.36. The van der Waals surface area contributed by atoms with Crippen molar-refractivity contribution in [3.63, 3.8) is 0 Å². The molecule has 2 aliphatic rings. The Morgan fingerprint density at radius 1 is 1.26 bits per heavy atom. The number of benzene rings is 2. The molecule has 0 aliphatic carbocycles. The topological polar surface area (TPSA) is 53.6 Å². The molecule has 2 aliphatic heterocycles. The van der Waals surface area contributed by atoms with Crippen LogP contribution >= 0.6 is 0 Å². The SMILES string of the molecule is O=C(CN1CCNCC1c1cccc(F)c1)NCC1Cc2ccccc2O1. The zero-order valence-electron chi connectivity index (χ0n) is 15.2. The summed E-state index contributed by atoms with van der Waals surface area (Å²) < 4.78 is 19.5. The fourth-order valence-corrected chi connectivity index (χ4v) is 3.81. The Labute approximate surface area is 158 Å². The summed E-state index contributed by atoms with van der Waals surface area (Å²) >= 11 is 0. The van der Waals surface area contributed by atoms with Gasteiger partial charge < -0.3 is 15.4 Å². The summed E-state index contributed by atoms with van der Waals surface area (Å²) in [7, 11) is 0. The molecule has 1 fully saturated rings. The number of piperazine rings is 1. The van der Waals surface area contributed by atoms with Crippen LogP contribution in [0.2, 0.25) is 0 Å². The molecule has 2 unspecified atom stereocenters. The second kappa shape index (κ2) is 8.06. The first kappa shape index (κ1) is 17.9. The molecule has 1 amide bonds. The molecule has 0 saturated carbocycles. The molecule has 2 N–H and O–H groups in total. The summed E-state index contributed by atoms with van der Waals surface area (Å²) in [6.07, 6.45) is 0.795. The standard InChI is InChI=1S/C21H24FN3O2/c22-17-6-3-5-15(10-17)19-13-23-8-9-25(19)14-21(26)24-12-18-11-16-4-1-2-7-20(16)27-18/h1-7,10,18-19,23H,8-9,11-14H2,(H,24,26). The van der Waals surface area contributed by atoms with Crippen molar-refractivity contribution < 1.29 is 13.9 Å². The summed E-state index contributed by atoms with van der Waals surface area (Å²) in [6.45, 7) is 3.06. The van der Waals surface area contributed by atoms with Crippen LogP contribution in [0.25, 0.3) is 0 Å². The van der Waals surface area contributed by atoms with Crippen LogP contribution in [0, 0.1) is 5.82 Å². The van der Waals surface area contributed by atoms with Crippen molar-refractivity contribution in [2.75, 3.05) is 32.7 Å². The predicted octanol–water partition coefficient (Wildman–Crippen LogP) is 1.89. The fraction of sp³-hybridized carbons (Fsp3) is 0.381. The number of hydrogen-bond acceptors (Lipinski definition) is 4. The minimum Gasteiger partial charge on any atom is -0.488 e. The van der Waals surface area contributed by atoms with Crippen LogP contribution in [0.5, 0.6) is 5.75 Å². The Kier molecular flexibility index (Phi) is 5.36. The van der Waals surface area contributed by atoms with E-state index in [1.54, 1.807) is 12.1 Å². The van der Waals surface area contributed by atoms with Gasteiger partial charge in [-0.2, -0.15) is 0 Å². The number of hydrogen-bond donors (Lipinski definition) is 2. The normalized spacial score (nSPS) is 22.1. The lowest BCUT2D eigenvalue weighted by molar-refractivity contribution is -0.123. The maximum atomic E-state index is 13.6. The Morgan fingerprint density at radius 3 is 3.00 bits per heavy atom.